The van der Waals surface area contributed by atoms with Gasteiger partial charge in [-0.25, -0.2) is 4.98 Å². The second-order valence-corrected chi connectivity index (χ2v) is 8.56. The number of amides is 1. The zero-order valence-corrected chi connectivity index (χ0v) is 18.2. The Morgan fingerprint density at radius 3 is 2.43 bits per heavy atom. The summed E-state index contributed by atoms with van der Waals surface area (Å²) in [5, 5.41) is 0. The number of carbonyl (C=O) groups excluding carboxylic acids is 1. The largest absolute Gasteiger partial charge is 0.361 e. The molecule has 0 spiro atoms. The Hall–Kier alpha value is -1.89. The summed E-state index contributed by atoms with van der Waals surface area (Å²) in [6.45, 7) is 7.05. The van der Waals surface area contributed by atoms with Gasteiger partial charge in [-0.15, -0.1) is 11.3 Å². The minimum atomic E-state index is 0.0494. The summed E-state index contributed by atoms with van der Waals surface area (Å²) < 4.78 is 7.72. The highest BCUT2D eigenvalue weighted by Gasteiger charge is 2.21. The van der Waals surface area contributed by atoms with Crippen molar-refractivity contribution in [3.05, 3.63) is 53.6 Å². The van der Waals surface area contributed by atoms with Gasteiger partial charge in [0.2, 0.25) is 5.91 Å². The molecule has 0 saturated carbocycles. The number of aromatic nitrogens is 1. The van der Waals surface area contributed by atoms with E-state index in [9.17, 15) is 4.79 Å². The smallest absolute Gasteiger partial charge is 0.239 e. The highest BCUT2D eigenvalue weighted by Crippen LogP contribution is 2.31. The first kappa shape index (κ1) is 20.8. The molecular weight excluding hydrogens is 388 g/mol. The van der Waals surface area contributed by atoms with Crippen molar-refractivity contribution < 1.29 is 9.53 Å². The average Bonchev–Trinajstić information content (AvgIpc) is 3.15. The van der Waals surface area contributed by atoms with E-state index in [0.717, 1.165) is 33.1 Å². The molecule has 3 aromatic rings. The van der Waals surface area contributed by atoms with E-state index in [4.69, 9.17) is 4.74 Å². The third-order valence-corrected chi connectivity index (χ3v) is 6.72. The number of aryl methyl sites for hydroxylation is 2. The van der Waals surface area contributed by atoms with Crippen molar-refractivity contribution in [2.24, 2.45) is 0 Å². The Morgan fingerprint density at radius 2 is 1.79 bits per heavy atom. The second-order valence-electron chi connectivity index (χ2n) is 6.31. The van der Waals surface area contributed by atoms with E-state index in [2.05, 4.69) is 43.1 Å². The number of carbonyl (C=O) groups is 1. The number of rotatable bonds is 9. The molecule has 28 heavy (non-hydrogen) atoms. The minimum Gasteiger partial charge on any atom is -0.361 e. The van der Waals surface area contributed by atoms with E-state index in [-0.39, 0.29) is 12.6 Å². The molecule has 1 amide bonds. The molecule has 0 N–H and O–H groups in total. The summed E-state index contributed by atoms with van der Waals surface area (Å²) in [6.07, 6.45) is 1.76. The van der Waals surface area contributed by atoms with Gasteiger partial charge in [0, 0.05) is 6.61 Å². The molecule has 3 rings (SSSR count). The fourth-order valence-corrected chi connectivity index (χ4v) is 5.06. The molecule has 0 aliphatic heterocycles. The van der Waals surface area contributed by atoms with Gasteiger partial charge in [0.1, 0.15) is 6.73 Å². The molecule has 0 aliphatic carbocycles. The standard InChI is InChI=1S/C22H26N2O2S2/c1-4-16-10-9-11-17(5-2)21(16)24(15-26-6-3)20(25)14-27-22-23-18-12-7-8-13-19(18)28-22/h7-13H,4-6,14-15H2,1-3H3. The minimum absolute atomic E-state index is 0.0494. The van der Waals surface area contributed by atoms with Gasteiger partial charge in [0.15, 0.2) is 4.34 Å². The molecule has 0 unspecified atom stereocenters. The molecule has 0 bridgehead atoms. The number of nitrogens with zero attached hydrogens (tertiary/aromatic N) is 2. The lowest BCUT2D eigenvalue weighted by atomic mass is 10.0. The summed E-state index contributed by atoms with van der Waals surface area (Å²) in [5.41, 5.74) is 4.35. The molecule has 4 nitrogen and oxygen atoms in total. The van der Waals surface area contributed by atoms with E-state index >= 15 is 0 Å². The number of thiazole rings is 1. The number of hydrogen-bond acceptors (Lipinski definition) is 5. The molecular formula is C22H26N2O2S2. The maximum Gasteiger partial charge on any atom is 0.239 e. The highest BCUT2D eigenvalue weighted by atomic mass is 32.2. The van der Waals surface area contributed by atoms with Crippen molar-refractivity contribution in [3.63, 3.8) is 0 Å². The number of thioether (sulfide) groups is 1. The van der Waals surface area contributed by atoms with Crippen LogP contribution in [0.1, 0.15) is 31.9 Å². The van der Waals surface area contributed by atoms with Gasteiger partial charge in [-0.3, -0.25) is 9.69 Å². The third-order valence-electron chi connectivity index (χ3n) is 4.55. The van der Waals surface area contributed by atoms with Gasteiger partial charge >= 0.3 is 0 Å². The van der Waals surface area contributed by atoms with Gasteiger partial charge in [0.05, 0.1) is 21.7 Å². The molecule has 2 aromatic carbocycles. The van der Waals surface area contributed by atoms with Crippen LogP contribution in [0.2, 0.25) is 0 Å². The lowest BCUT2D eigenvalue weighted by Crippen LogP contribution is -2.36. The first-order valence-electron chi connectivity index (χ1n) is 9.65. The number of anilines is 1. The average molecular weight is 415 g/mol. The monoisotopic (exact) mass is 414 g/mol. The molecule has 6 heteroatoms. The predicted molar refractivity (Wildman–Crippen MR) is 120 cm³/mol. The molecule has 0 atom stereocenters. The summed E-state index contributed by atoms with van der Waals surface area (Å²) in [6, 6.07) is 14.3. The fourth-order valence-electron chi connectivity index (χ4n) is 3.12. The maximum atomic E-state index is 13.2. The Kier molecular flexibility index (Phi) is 7.48. The van der Waals surface area contributed by atoms with Crippen LogP contribution in [0.25, 0.3) is 10.2 Å². The van der Waals surface area contributed by atoms with Gasteiger partial charge in [-0.1, -0.05) is 55.9 Å². The van der Waals surface area contributed by atoms with Crippen LogP contribution in [0, 0.1) is 0 Å². The Morgan fingerprint density at radius 1 is 1.07 bits per heavy atom. The summed E-state index contributed by atoms with van der Waals surface area (Å²) in [5.74, 6) is 0.391. The van der Waals surface area contributed by atoms with Crippen molar-refractivity contribution in [3.8, 4) is 0 Å². The lowest BCUT2D eigenvalue weighted by molar-refractivity contribution is -0.117. The van der Waals surface area contributed by atoms with Crippen LogP contribution >= 0.6 is 23.1 Å². The SMILES string of the molecule is CCOCN(C(=O)CSc1nc2ccccc2s1)c1c(CC)cccc1CC. The van der Waals surface area contributed by atoms with Gasteiger partial charge in [-0.05, 0) is 43.0 Å². The van der Waals surface area contributed by atoms with Crippen molar-refractivity contribution in [1.29, 1.82) is 0 Å². The van der Waals surface area contributed by atoms with Gasteiger partial charge in [0.25, 0.3) is 0 Å². The molecule has 0 saturated heterocycles. The van der Waals surface area contributed by atoms with Gasteiger partial charge in [-0.2, -0.15) is 0 Å². The second kappa shape index (κ2) is 10.0. The van der Waals surface area contributed by atoms with Crippen LogP contribution in [-0.2, 0) is 22.4 Å². The van der Waals surface area contributed by atoms with Crippen LogP contribution in [0.4, 0.5) is 5.69 Å². The number of hydrogen-bond donors (Lipinski definition) is 0. The van der Waals surface area contributed by atoms with Crippen LogP contribution in [0.5, 0.6) is 0 Å². The number of para-hydroxylation sites is 2. The summed E-state index contributed by atoms with van der Waals surface area (Å²) in [7, 11) is 0. The zero-order chi connectivity index (χ0) is 19.9. The number of ether oxygens (including phenoxy) is 1. The Labute approximate surface area is 174 Å². The molecule has 1 aromatic heterocycles. The predicted octanol–water partition coefficient (Wildman–Crippen LogP) is 5.54. The molecule has 1 heterocycles. The number of benzene rings is 2. The van der Waals surface area contributed by atoms with Gasteiger partial charge < -0.3 is 4.74 Å². The van der Waals surface area contributed by atoms with E-state index in [1.165, 1.54) is 22.9 Å². The first-order chi connectivity index (χ1) is 13.7. The fraction of sp³-hybridized carbons (Fsp3) is 0.364. The van der Waals surface area contributed by atoms with E-state index in [0.29, 0.717) is 12.4 Å². The van der Waals surface area contributed by atoms with Crippen LogP contribution in [0.3, 0.4) is 0 Å². The van der Waals surface area contributed by atoms with Crippen molar-refractivity contribution >= 4 is 44.9 Å². The van der Waals surface area contributed by atoms with Crippen molar-refractivity contribution in [2.75, 3.05) is 24.0 Å². The first-order valence-corrected chi connectivity index (χ1v) is 11.4. The molecule has 0 fully saturated rings. The molecule has 0 radical (unpaired) electrons. The van der Waals surface area contributed by atoms with Crippen molar-refractivity contribution in [1.82, 2.24) is 4.98 Å². The van der Waals surface area contributed by atoms with Crippen LogP contribution < -0.4 is 4.90 Å². The molecule has 0 aliphatic rings. The normalized spacial score (nSPS) is 11.1. The van der Waals surface area contributed by atoms with E-state index in [1.54, 1.807) is 11.3 Å². The Bertz CT molecular complexity index is 884. The summed E-state index contributed by atoms with van der Waals surface area (Å²) >= 11 is 3.13. The zero-order valence-electron chi connectivity index (χ0n) is 16.6. The number of fused-ring (bicyclic) bond motifs is 1. The quantitative estimate of drug-likeness (QED) is 0.340. The Balaban J connectivity index is 1.82. The van der Waals surface area contributed by atoms with Crippen LogP contribution in [-0.4, -0.2) is 30.0 Å². The highest BCUT2D eigenvalue weighted by molar-refractivity contribution is 8.01. The third kappa shape index (κ3) is 4.74. The van der Waals surface area contributed by atoms with E-state index in [1.807, 2.05) is 30.0 Å². The molecule has 148 valence electrons. The van der Waals surface area contributed by atoms with Crippen LogP contribution in [0.15, 0.2) is 46.8 Å². The topological polar surface area (TPSA) is 42.4 Å². The van der Waals surface area contributed by atoms with E-state index < -0.39 is 0 Å². The lowest BCUT2D eigenvalue weighted by Gasteiger charge is -2.27. The maximum absolute atomic E-state index is 13.2. The summed E-state index contributed by atoms with van der Waals surface area (Å²) in [4.78, 5) is 19.6. The van der Waals surface area contributed by atoms with Crippen molar-refractivity contribution in [2.45, 2.75) is 38.0 Å².